The highest BCUT2D eigenvalue weighted by Crippen LogP contribution is 2.46. The molecule has 1 unspecified atom stereocenters. The fourth-order valence-electron chi connectivity index (χ4n) is 2.66. The molecule has 1 atom stereocenters. The number of aliphatic imine (C=N–C) groups is 1. The third kappa shape index (κ3) is 3.09. The number of aromatic nitrogens is 1. The molecular formula is C17H28N4O. The Morgan fingerprint density at radius 1 is 1.36 bits per heavy atom. The summed E-state index contributed by atoms with van der Waals surface area (Å²) in [5.41, 5.74) is 1.15. The van der Waals surface area contributed by atoms with Crippen LogP contribution >= 0.6 is 0 Å². The summed E-state index contributed by atoms with van der Waals surface area (Å²) in [6, 6.07) is 3.65. The smallest absolute Gasteiger partial charge is 0.194 e. The molecule has 1 aromatic rings. The lowest BCUT2D eigenvalue weighted by molar-refractivity contribution is -0.0668. The van der Waals surface area contributed by atoms with Crippen LogP contribution in [-0.2, 0) is 0 Å². The summed E-state index contributed by atoms with van der Waals surface area (Å²) in [4.78, 5) is 10.9. The molecule has 0 radical (unpaired) electrons. The standard InChI is InChI=1S/C17H28N4O/c1-6-19-15(21-12-16(2,3)17(21,4)5)20-11-14(22)13-7-9-18-10-8-13/h7-10,14,22H,6,11-12H2,1-5H3,(H,19,20). The zero-order chi connectivity index (χ0) is 16.4. The van der Waals surface area contributed by atoms with Crippen molar-refractivity contribution >= 4 is 5.96 Å². The Morgan fingerprint density at radius 2 is 2.00 bits per heavy atom. The number of guanidine groups is 1. The number of aliphatic hydroxyl groups is 1. The van der Waals surface area contributed by atoms with Gasteiger partial charge in [0.1, 0.15) is 0 Å². The molecule has 1 aliphatic rings. The quantitative estimate of drug-likeness (QED) is 0.661. The molecule has 22 heavy (non-hydrogen) atoms. The predicted molar refractivity (Wildman–Crippen MR) is 89.7 cm³/mol. The number of pyridine rings is 1. The monoisotopic (exact) mass is 304 g/mol. The van der Waals surface area contributed by atoms with E-state index in [1.165, 1.54) is 0 Å². The zero-order valence-corrected chi connectivity index (χ0v) is 14.3. The fourth-order valence-corrected chi connectivity index (χ4v) is 2.66. The first-order valence-corrected chi connectivity index (χ1v) is 7.93. The Hall–Kier alpha value is -1.62. The first kappa shape index (κ1) is 16.7. The number of aliphatic hydroxyl groups excluding tert-OH is 1. The van der Waals surface area contributed by atoms with Crippen LogP contribution in [0.25, 0.3) is 0 Å². The van der Waals surface area contributed by atoms with Gasteiger partial charge in [-0.1, -0.05) is 13.8 Å². The van der Waals surface area contributed by atoms with Crippen LogP contribution in [0.4, 0.5) is 0 Å². The molecule has 1 saturated heterocycles. The summed E-state index contributed by atoms with van der Waals surface area (Å²) >= 11 is 0. The van der Waals surface area contributed by atoms with E-state index < -0.39 is 6.10 Å². The lowest BCUT2D eigenvalue weighted by Gasteiger charge is -2.62. The van der Waals surface area contributed by atoms with E-state index in [0.717, 1.165) is 24.6 Å². The van der Waals surface area contributed by atoms with E-state index in [2.05, 4.69) is 54.8 Å². The van der Waals surface area contributed by atoms with Crippen molar-refractivity contribution in [2.24, 2.45) is 10.4 Å². The van der Waals surface area contributed by atoms with Gasteiger partial charge in [0.2, 0.25) is 0 Å². The number of nitrogens with zero attached hydrogens (tertiary/aromatic N) is 3. The normalized spacial score (nSPS) is 21.2. The number of rotatable bonds is 4. The summed E-state index contributed by atoms with van der Waals surface area (Å²) in [6.07, 6.45) is 2.78. The topological polar surface area (TPSA) is 60.8 Å². The lowest BCUT2D eigenvalue weighted by atomic mass is 9.65. The molecule has 5 nitrogen and oxygen atoms in total. The van der Waals surface area contributed by atoms with E-state index in [1.54, 1.807) is 12.4 Å². The van der Waals surface area contributed by atoms with Gasteiger partial charge >= 0.3 is 0 Å². The number of hydrogen-bond donors (Lipinski definition) is 2. The van der Waals surface area contributed by atoms with Gasteiger partial charge in [-0.05, 0) is 38.5 Å². The van der Waals surface area contributed by atoms with Crippen molar-refractivity contribution < 1.29 is 5.11 Å². The molecule has 0 spiro atoms. The van der Waals surface area contributed by atoms with Gasteiger partial charge in [-0.2, -0.15) is 0 Å². The first-order chi connectivity index (χ1) is 10.3. The molecule has 0 saturated carbocycles. The minimum atomic E-state index is -0.603. The molecule has 5 heteroatoms. The van der Waals surface area contributed by atoms with Gasteiger partial charge in [0, 0.05) is 36.4 Å². The number of nitrogens with one attached hydrogen (secondary N) is 1. The highest BCUT2D eigenvalue weighted by atomic mass is 16.3. The third-order valence-corrected chi connectivity index (χ3v) is 4.98. The van der Waals surface area contributed by atoms with Crippen molar-refractivity contribution in [1.82, 2.24) is 15.2 Å². The van der Waals surface area contributed by atoms with E-state index in [1.807, 2.05) is 12.1 Å². The summed E-state index contributed by atoms with van der Waals surface area (Å²) in [5.74, 6) is 0.875. The maximum Gasteiger partial charge on any atom is 0.194 e. The molecule has 2 heterocycles. The van der Waals surface area contributed by atoms with Gasteiger partial charge in [-0.25, -0.2) is 0 Å². The Bertz CT molecular complexity index is 525. The molecule has 122 valence electrons. The van der Waals surface area contributed by atoms with Gasteiger partial charge in [-0.15, -0.1) is 0 Å². The average molecular weight is 304 g/mol. The predicted octanol–water partition coefficient (Wildman–Crippen LogP) is 2.20. The maximum atomic E-state index is 10.3. The molecule has 0 amide bonds. The molecule has 0 aliphatic carbocycles. The zero-order valence-electron chi connectivity index (χ0n) is 14.3. The molecule has 2 rings (SSSR count). The van der Waals surface area contributed by atoms with Crippen molar-refractivity contribution in [3.8, 4) is 0 Å². The second-order valence-corrected chi connectivity index (χ2v) is 7.02. The average Bonchev–Trinajstić information content (AvgIpc) is 2.50. The van der Waals surface area contributed by atoms with Crippen LogP contribution in [-0.4, -0.2) is 46.1 Å². The summed E-state index contributed by atoms with van der Waals surface area (Å²) in [6.45, 7) is 13.2. The molecule has 1 fully saturated rings. The largest absolute Gasteiger partial charge is 0.386 e. The molecule has 0 aromatic carbocycles. The minimum absolute atomic E-state index is 0.0512. The Labute approximate surface area is 133 Å². The van der Waals surface area contributed by atoms with E-state index in [-0.39, 0.29) is 11.0 Å². The van der Waals surface area contributed by atoms with Gasteiger partial charge in [0.15, 0.2) is 5.96 Å². The Kier molecular flexibility index (Phi) is 4.75. The summed E-state index contributed by atoms with van der Waals surface area (Å²) < 4.78 is 0. The van der Waals surface area contributed by atoms with Crippen LogP contribution in [0.2, 0.25) is 0 Å². The highest BCUT2D eigenvalue weighted by molar-refractivity contribution is 5.82. The van der Waals surface area contributed by atoms with E-state index >= 15 is 0 Å². The lowest BCUT2D eigenvalue weighted by Crippen LogP contribution is -2.72. The van der Waals surface area contributed by atoms with Crippen molar-refractivity contribution in [3.63, 3.8) is 0 Å². The van der Waals surface area contributed by atoms with Crippen molar-refractivity contribution in [2.75, 3.05) is 19.6 Å². The highest BCUT2D eigenvalue weighted by Gasteiger charge is 2.53. The van der Waals surface area contributed by atoms with Gasteiger partial charge in [0.05, 0.1) is 12.6 Å². The SMILES string of the molecule is CCNC(=NCC(O)c1ccncc1)N1CC(C)(C)C1(C)C. The fraction of sp³-hybridized carbons (Fsp3) is 0.647. The van der Waals surface area contributed by atoms with Crippen molar-refractivity contribution in [2.45, 2.75) is 46.3 Å². The molecule has 1 aromatic heterocycles. The van der Waals surface area contributed by atoms with Crippen LogP contribution in [0.1, 0.15) is 46.3 Å². The molecule has 1 aliphatic heterocycles. The molecule has 2 N–H and O–H groups in total. The second-order valence-electron chi connectivity index (χ2n) is 7.02. The van der Waals surface area contributed by atoms with Crippen LogP contribution in [0.5, 0.6) is 0 Å². The maximum absolute atomic E-state index is 10.3. The second kappa shape index (κ2) is 6.24. The first-order valence-electron chi connectivity index (χ1n) is 7.93. The molecule has 0 bridgehead atoms. The third-order valence-electron chi connectivity index (χ3n) is 4.98. The van der Waals surface area contributed by atoms with Crippen LogP contribution in [0.15, 0.2) is 29.5 Å². The number of likely N-dealkylation sites (tertiary alicyclic amines) is 1. The minimum Gasteiger partial charge on any atom is -0.386 e. The van der Waals surface area contributed by atoms with E-state index in [9.17, 15) is 5.11 Å². The van der Waals surface area contributed by atoms with Gasteiger partial charge in [0.25, 0.3) is 0 Å². The van der Waals surface area contributed by atoms with E-state index in [0.29, 0.717) is 6.54 Å². The van der Waals surface area contributed by atoms with E-state index in [4.69, 9.17) is 0 Å². The molecular weight excluding hydrogens is 276 g/mol. The summed E-state index contributed by atoms with van der Waals surface area (Å²) in [5, 5.41) is 13.6. The van der Waals surface area contributed by atoms with Gasteiger partial charge in [-0.3, -0.25) is 9.98 Å². The van der Waals surface area contributed by atoms with Crippen molar-refractivity contribution in [1.29, 1.82) is 0 Å². The number of hydrogen-bond acceptors (Lipinski definition) is 3. The summed E-state index contributed by atoms with van der Waals surface area (Å²) in [7, 11) is 0. The van der Waals surface area contributed by atoms with Crippen LogP contribution < -0.4 is 5.32 Å². The Morgan fingerprint density at radius 3 is 2.50 bits per heavy atom. The van der Waals surface area contributed by atoms with Crippen LogP contribution in [0.3, 0.4) is 0 Å². The Balaban J connectivity index is 2.09. The van der Waals surface area contributed by atoms with Crippen LogP contribution in [0, 0.1) is 5.41 Å². The van der Waals surface area contributed by atoms with Gasteiger partial charge < -0.3 is 15.3 Å². The van der Waals surface area contributed by atoms with Crippen molar-refractivity contribution in [3.05, 3.63) is 30.1 Å².